The van der Waals surface area contributed by atoms with Crippen LogP contribution in [0.15, 0.2) is 12.4 Å². The Bertz CT molecular complexity index is 330. The smallest absolute Gasteiger partial charge is 0.234 e. The molecule has 0 saturated carbocycles. The molecule has 6 heteroatoms. The molecule has 3 N–H and O–H groups in total. The first-order valence-electron chi connectivity index (χ1n) is 6.02. The van der Waals surface area contributed by atoms with Crippen molar-refractivity contribution in [1.29, 1.82) is 0 Å². The molecule has 17 heavy (non-hydrogen) atoms. The van der Waals surface area contributed by atoms with E-state index in [1.165, 1.54) is 0 Å². The fourth-order valence-corrected chi connectivity index (χ4v) is 1.89. The minimum absolute atomic E-state index is 0.0769. The number of amides is 1. The van der Waals surface area contributed by atoms with Gasteiger partial charge in [0.05, 0.1) is 12.7 Å². The molecule has 0 atom stereocenters. The number of H-pyrrole nitrogens is 1. The number of hydrogen-bond donors (Lipinski definition) is 3. The summed E-state index contributed by atoms with van der Waals surface area (Å²) in [6, 6.07) is 0. The number of hydrogen-bond acceptors (Lipinski definition) is 4. The van der Waals surface area contributed by atoms with Crippen LogP contribution in [0.4, 0.5) is 0 Å². The first-order valence-corrected chi connectivity index (χ1v) is 6.02. The number of aromatic amines is 1. The molecule has 1 fully saturated rings. The molecule has 2 heterocycles. The fourth-order valence-electron chi connectivity index (χ4n) is 1.89. The molecule has 1 aromatic heterocycles. The lowest BCUT2D eigenvalue weighted by atomic mass is 10.3. The van der Waals surface area contributed by atoms with Crippen LogP contribution in [-0.2, 0) is 11.3 Å². The predicted molar refractivity (Wildman–Crippen MR) is 64.4 cm³/mol. The maximum atomic E-state index is 11.7. The van der Waals surface area contributed by atoms with E-state index in [1.54, 1.807) is 12.4 Å². The van der Waals surface area contributed by atoms with Crippen LogP contribution in [0.5, 0.6) is 0 Å². The van der Waals surface area contributed by atoms with E-state index in [1.807, 2.05) is 0 Å². The Morgan fingerprint density at radius 1 is 1.47 bits per heavy atom. The standard InChI is InChI=1S/C11H19N5O/c17-11(13-6-10-7-14-15-8-10)9-16-4-1-2-12-3-5-16/h7-8,12H,1-6,9H2,(H,13,17)(H,14,15). The summed E-state index contributed by atoms with van der Waals surface area (Å²) in [5.74, 6) is 0.0769. The van der Waals surface area contributed by atoms with Crippen molar-refractivity contribution >= 4 is 5.91 Å². The van der Waals surface area contributed by atoms with Crippen LogP contribution in [0.25, 0.3) is 0 Å². The minimum atomic E-state index is 0.0769. The minimum Gasteiger partial charge on any atom is -0.351 e. The van der Waals surface area contributed by atoms with Gasteiger partial charge in [-0.05, 0) is 19.5 Å². The van der Waals surface area contributed by atoms with Gasteiger partial charge < -0.3 is 10.6 Å². The van der Waals surface area contributed by atoms with Crippen LogP contribution in [0.1, 0.15) is 12.0 Å². The predicted octanol–water partition coefficient (Wildman–Crippen LogP) is -0.679. The summed E-state index contributed by atoms with van der Waals surface area (Å²) in [7, 11) is 0. The van der Waals surface area contributed by atoms with Crippen molar-refractivity contribution in [3.05, 3.63) is 18.0 Å². The van der Waals surface area contributed by atoms with Gasteiger partial charge in [-0.15, -0.1) is 0 Å². The van der Waals surface area contributed by atoms with Crippen LogP contribution >= 0.6 is 0 Å². The molecule has 2 rings (SSSR count). The summed E-state index contributed by atoms with van der Waals surface area (Å²) in [5, 5.41) is 12.8. The maximum Gasteiger partial charge on any atom is 0.234 e. The monoisotopic (exact) mass is 237 g/mol. The van der Waals surface area contributed by atoms with Gasteiger partial charge in [0.2, 0.25) is 5.91 Å². The quantitative estimate of drug-likeness (QED) is 0.649. The second-order valence-corrected chi connectivity index (χ2v) is 4.26. The number of rotatable bonds is 4. The highest BCUT2D eigenvalue weighted by Crippen LogP contribution is 1.96. The largest absolute Gasteiger partial charge is 0.351 e. The topological polar surface area (TPSA) is 73.1 Å². The van der Waals surface area contributed by atoms with Gasteiger partial charge in [0.15, 0.2) is 0 Å². The number of nitrogens with zero attached hydrogens (tertiary/aromatic N) is 2. The van der Waals surface area contributed by atoms with Gasteiger partial charge in [-0.1, -0.05) is 0 Å². The summed E-state index contributed by atoms with van der Waals surface area (Å²) in [6.45, 7) is 4.98. The highest BCUT2D eigenvalue weighted by Gasteiger charge is 2.12. The zero-order chi connectivity index (χ0) is 11.9. The third-order valence-corrected chi connectivity index (χ3v) is 2.84. The summed E-state index contributed by atoms with van der Waals surface area (Å²) >= 11 is 0. The molecule has 1 amide bonds. The molecule has 1 aliphatic rings. The van der Waals surface area contributed by atoms with Gasteiger partial charge in [-0.2, -0.15) is 5.10 Å². The van der Waals surface area contributed by atoms with E-state index >= 15 is 0 Å². The molecule has 94 valence electrons. The number of carbonyl (C=O) groups excluding carboxylic acids is 1. The van der Waals surface area contributed by atoms with Crippen molar-refractivity contribution in [2.24, 2.45) is 0 Å². The molecule has 0 spiro atoms. The summed E-state index contributed by atoms with van der Waals surface area (Å²) in [4.78, 5) is 13.9. The Morgan fingerprint density at radius 2 is 2.41 bits per heavy atom. The fraction of sp³-hybridized carbons (Fsp3) is 0.636. The molecule has 1 aliphatic heterocycles. The van der Waals surface area contributed by atoms with Crippen LogP contribution in [0.2, 0.25) is 0 Å². The molecule has 1 aromatic rings. The first-order chi connectivity index (χ1) is 8.34. The average Bonchev–Trinajstić information content (AvgIpc) is 2.72. The van der Waals surface area contributed by atoms with Crippen molar-refractivity contribution in [2.75, 3.05) is 32.7 Å². The lowest BCUT2D eigenvalue weighted by molar-refractivity contribution is -0.122. The Labute approximate surface area is 101 Å². The van der Waals surface area contributed by atoms with Crippen LogP contribution in [0, 0.1) is 0 Å². The summed E-state index contributed by atoms with van der Waals surface area (Å²) < 4.78 is 0. The van der Waals surface area contributed by atoms with E-state index in [0.29, 0.717) is 13.1 Å². The van der Waals surface area contributed by atoms with E-state index in [9.17, 15) is 4.79 Å². The Morgan fingerprint density at radius 3 is 3.24 bits per heavy atom. The molecular weight excluding hydrogens is 218 g/mol. The van der Waals surface area contributed by atoms with E-state index in [4.69, 9.17) is 0 Å². The van der Waals surface area contributed by atoms with E-state index in [0.717, 1.165) is 38.2 Å². The van der Waals surface area contributed by atoms with Crippen LogP contribution < -0.4 is 10.6 Å². The lowest BCUT2D eigenvalue weighted by Gasteiger charge is -2.18. The molecule has 6 nitrogen and oxygen atoms in total. The van der Waals surface area contributed by atoms with Gasteiger partial charge in [-0.3, -0.25) is 14.8 Å². The van der Waals surface area contributed by atoms with Crippen molar-refractivity contribution in [3.8, 4) is 0 Å². The molecular formula is C11H19N5O. The highest BCUT2D eigenvalue weighted by atomic mass is 16.2. The van der Waals surface area contributed by atoms with Gasteiger partial charge in [0, 0.05) is 31.4 Å². The second kappa shape index (κ2) is 6.36. The van der Waals surface area contributed by atoms with Crippen LogP contribution in [0.3, 0.4) is 0 Å². The van der Waals surface area contributed by atoms with Gasteiger partial charge in [0.25, 0.3) is 0 Å². The Kier molecular flexibility index (Phi) is 4.52. The highest BCUT2D eigenvalue weighted by molar-refractivity contribution is 5.77. The van der Waals surface area contributed by atoms with Gasteiger partial charge in [-0.25, -0.2) is 0 Å². The number of carbonyl (C=O) groups is 1. The molecule has 0 aliphatic carbocycles. The van der Waals surface area contributed by atoms with Gasteiger partial charge >= 0.3 is 0 Å². The third kappa shape index (κ3) is 4.16. The lowest BCUT2D eigenvalue weighted by Crippen LogP contribution is -2.38. The molecule has 0 aromatic carbocycles. The summed E-state index contributed by atoms with van der Waals surface area (Å²) in [6.07, 6.45) is 4.61. The second-order valence-electron chi connectivity index (χ2n) is 4.26. The Balaban J connectivity index is 1.69. The number of aromatic nitrogens is 2. The SMILES string of the molecule is O=C(CN1CCCNCC1)NCc1cn[nH]c1. The van der Waals surface area contributed by atoms with Crippen LogP contribution in [-0.4, -0.2) is 53.7 Å². The van der Waals surface area contributed by atoms with E-state index in [-0.39, 0.29) is 5.91 Å². The molecule has 1 saturated heterocycles. The summed E-state index contributed by atoms with van der Waals surface area (Å²) in [5.41, 5.74) is 0.996. The van der Waals surface area contributed by atoms with E-state index in [2.05, 4.69) is 25.7 Å². The molecule has 0 radical (unpaired) electrons. The van der Waals surface area contributed by atoms with E-state index < -0.39 is 0 Å². The zero-order valence-corrected chi connectivity index (χ0v) is 9.91. The van der Waals surface area contributed by atoms with Crippen molar-refractivity contribution in [1.82, 2.24) is 25.7 Å². The van der Waals surface area contributed by atoms with Crippen molar-refractivity contribution in [2.45, 2.75) is 13.0 Å². The Hall–Kier alpha value is -1.40. The normalized spacial score (nSPS) is 17.6. The third-order valence-electron chi connectivity index (χ3n) is 2.84. The van der Waals surface area contributed by atoms with Gasteiger partial charge in [0.1, 0.15) is 0 Å². The molecule has 0 unspecified atom stereocenters. The molecule has 0 bridgehead atoms. The first kappa shape index (κ1) is 12.1. The van der Waals surface area contributed by atoms with Crippen molar-refractivity contribution in [3.63, 3.8) is 0 Å². The zero-order valence-electron chi connectivity index (χ0n) is 9.91. The number of nitrogens with one attached hydrogen (secondary N) is 3. The average molecular weight is 237 g/mol. The van der Waals surface area contributed by atoms with Crippen molar-refractivity contribution < 1.29 is 4.79 Å². The maximum absolute atomic E-state index is 11.7.